The lowest BCUT2D eigenvalue weighted by Crippen LogP contribution is -2.32. The number of rotatable bonds is 3. The standard InChI is InChI=1S/C12H19N3O3S/c1-8-11(15(2)10-3-4-18-7-10)5-9(13)6-12(8)19(14,16)17/h5-6,10H,3-4,7,13H2,1-2H3,(H2,14,16,17). The van der Waals surface area contributed by atoms with Crippen LogP contribution in [0.5, 0.6) is 0 Å². The smallest absolute Gasteiger partial charge is 0.238 e. The van der Waals surface area contributed by atoms with Crippen molar-refractivity contribution in [1.29, 1.82) is 0 Å². The number of anilines is 2. The van der Waals surface area contributed by atoms with E-state index >= 15 is 0 Å². The second-order valence-corrected chi connectivity index (χ2v) is 6.37. The molecular formula is C12H19N3O3S. The molecule has 0 spiro atoms. The van der Waals surface area contributed by atoms with Gasteiger partial charge in [0.1, 0.15) is 0 Å². The van der Waals surface area contributed by atoms with E-state index in [2.05, 4.69) is 0 Å². The molecule has 1 aliphatic rings. The maximum absolute atomic E-state index is 11.6. The van der Waals surface area contributed by atoms with Gasteiger partial charge in [-0.3, -0.25) is 0 Å². The summed E-state index contributed by atoms with van der Waals surface area (Å²) in [5.74, 6) is 0. The van der Waals surface area contributed by atoms with Crippen LogP contribution in [0.1, 0.15) is 12.0 Å². The predicted molar refractivity (Wildman–Crippen MR) is 74.6 cm³/mol. The van der Waals surface area contributed by atoms with E-state index in [4.69, 9.17) is 15.6 Å². The molecule has 19 heavy (non-hydrogen) atoms. The van der Waals surface area contributed by atoms with Crippen LogP contribution in [0.4, 0.5) is 11.4 Å². The van der Waals surface area contributed by atoms with Gasteiger partial charge in [0.05, 0.1) is 17.5 Å². The molecule has 6 nitrogen and oxygen atoms in total. The van der Waals surface area contributed by atoms with Crippen molar-refractivity contribution in [2.45, 2.75) is 24.3 Å². The summed E-state index contributed by atoms with van der Waals surface area (Å²) in [7, 11) is -1.86. The van der Waals surface area contributed by atoms with Crippen LogP contribution in [-0.2, 0) is 14.8 Å². The summed E-state index contributed by atoms with van der Waals surface area (Å²) in [6, 6.07) is 3.39. The molecule has 0 radical (unpaired) electrons. The molecule has 1 unspecified atom stereocenters. The number of sulfonamides is 1. The molecule has 7 heteroatoms. The van der Waals surface area contributed by atoms with Crippen LogP contribution >= 0.6 is 0 Å². The van der Waals surface area contributed by atoms with E-state index in [9.17, 15) is 8.42 Å². The van der Waals surface area contributed by atoms with E-state index in [0.29, 0.717) is 17.9 Å². The highest BCUT2D eigenvalue weighted by Gasteiger charge is 2.24. The summed E-state index contributed by atoms with van der Waals surface area (Å²) in [5, 5.41) is 5.22. The van der Waals surface area contributed by atoms with Gasteiger partial charge >= 0.3 is 0 Å². The topological polar surface area (TPSA) is 98.7 Å². The zero-order chi connectivity index (χ0) is 14.2. The van der Waals surface area contributed by atoms with Crippen molar-refractivity contribution in [3.63, 3.8) is 0 Å². The monoisotopic (exact) mass is 285 g/mol. The van der Waals surface area contributed by atoms with E-state index in [-0.39, 0.29) is 10.9 Å². The van der Waals surface area contributed by atoms with E-state index in [1.54, 1.807) is 13.0 Å². The van der Waals surface area contributed by atoms with Gasteiger partial charge in [-0.25, -0.2) is 13.6 Å². The van der Waals surface area contributed by atoms with Gasteiger partial charge in [0.15, 0.2) is 0 Å². The highest BCUT2D eigenvalue weighted by Crippen LogP contribution is 2.30. The van der Waals surface area contributed by atoms with Crippen molar-refractivity contribution in [2.24, 2.45) is 5.14 Å². The maximum Gasteiger partial charge on any atom is 0.238 e. The summed E-state index contributed by atoms with van der Waals surface area (Å²) in [5.41, 5.74) is 7.56. The third kappa shape index (κ3) is 2.83. The van der Waals surface area contributed by atoms with Gasteiger partial charge in [0.25, 0.3) is 0 Å². The fourth-order valence-corrected chi connectivity index (χ4v) is 3.21. The normalized spacial score (nSPS) is 19.6. The first-order valence-corrected chi connectivity index (χ1v) is 7.59. The van der Waals surface area contributed by atoms with E-state index in [1.807, 2.05) is 11.9 Å². The van der Waals surface area contributed by atoms with Crippen molar-refractivity contribution < 1.29 is 13.2 Å². The number of ether oxygens (including phenoxy) is 1. The predicted octanol–water partition coefficient (Wildman–Crippen LogP) is 0.450. The average Bonchev–Trinajstić information content (AvgIpc) is 2.83. The molecule has 106 valence electrons. The molecular weight excluding hydrogens is 266 g/mol. The lowest BCUT2D eigenvalue weighted by Gasteiger charge is -2.28. The molecule has 0 aromatic heterocycles. The van der Waals surface area contributed by atoms with Gasteiger partial charge in [-0.2, -0.15) is 0 Å². The van der Waals surface area contributed by atoms with Gasteiger partial charge in [-0.1, -0.05) is 0 Å². The molecule has 1 fully saturated rings. The zero-order valence-corrected chi connectivity index (χ0v) is 11.9. The minimum Gasteiger partial charge on any atom is -0.399 e. The Balaban J connectivity index is 2.48. The molecule has 0 aliphatic carbocycles. The van der Waals surface area contributed by atoms with Crippen LogP contribution in [0.2, 0.25) is 0 Å². The Bertz CT molecular complexity index is 580. The van der Waals surface area contributed by atoms with Crippen LogP contribution in [0.15, 0.2) is 17.0 Å². The first-order chi connectivity index (χ1) is 8.80. The van der Waals surface area contributed by atoms with Crippen molar-refractivity contribution in [3.8, 4) is 0 Å². The van der Waals surface area contributed by atoms with Crippen molar-refractivity contribution in [1.82, 2.24) is 0 Å². The molecule has 0 bridgehead atoms. The average molecular weight is 285 g/mol. The van der Waals surface area contributed by atoms with Gasteiger partial charge in [-0.15, -0.1) is 0 Å². The van der Waals surface area contributed by atoms with Crippen LogP contribution < -0.4 is 15.8 Å². The number of primary sulfonamides is 1. The molecule has 0 amide bonds. The molecule has 1 aliphatic heterocycles. The number of hydrogen-bond acceptors (Lipinski definition) is 5. The minimum atomic E-state index is -3.77. The van der Waals surface area contributed by atoms with Crippen LogP contribution in [0.25, 0.3) is 0 Å². The van der Waals surface area contributed by atoms with Crippen LogP contribution in [0.3, 0.4) is 0 Å². The fraction of sp³-hybridized carbons (Fsp3) is 0.500. The summed E-state index contributed by atoms with van der Waals surface area (Å²) >= 11 is 0. The third-order valence-corrected chi connectivity index (χ3v) is 4.53. The second-order valence-electron chi connectivity index (χ2n) is 4.84. The molecule has 1 aromatic rings. The van der Waals surface area contributed by atoms with E-state index in [0.717, 1.165) is 18.7 Å². The lowest BCUT2D eigenvalue weighted by molar-refractivity contribution is 0.193. The van der Waals surface area contributed by atoms with Gasteiger partial charge < -0.3 is 15.4 Å². The maximum atomic E-state index is 11.6. The van der Waals surface area contributed by atoms with E-state index < -0.39 is 10.0 Å². The van der Waals surface area contributed by atoms with Gasteiger partial charge in [0.2, 0.25) is 10.0 Å². The number of nitrogen functional groups attached to an aromatic ring is 1. The minimum absolute atomic E-state index is 0.0771. The van der Waals surface area contributed by atoms with Gasteiger partial charge in [0, 0.05) is 25.0 Å². The summed E-state index contributed by atoms with van der Waals surface area (Å²) in [6.45, 7) is 3.09. The number of hydrogen-bond donors (Lipinski definition) is 2. The quantitative estimate of drug-likeness (QED) is 0.786. The molecule has 1 atom stereocenters. The number of nitrogens with zero attached hydrogens (tertiary/aromatic N) is 1. The van der Waals surface area contributed by atoms with Gasteiger partial charge in [-0.05, 0) is 31.0 Å². The van der Waals surface area contributed by atoms with E-state index in [1.165, 1.54) is 6.07 Å². The molecule has 1 heterocycles. The Kier molecular flexibility index (Phi) is 3.71. The molecule has 1 aromatic carbocycles. The van der Waals surface area contributed by atoms with Crippen LogP contribution in [0, 0.1) is 6.92 Å². The number of likely N-dealkylation sites (N-methyl/N-ethyl adjacent to an activating group) is 1. The first kappa shape index (κ1) is 14.1. The Labute approximate surface area is 113 Å². The first-order valence-electron chi connectivity index (χ1n) is 6.04. The lowest BCUT2D eigenvalue weighted by atomic mass is 10.1. The number of benzene rings is 1. The summed E-state index contributed by atoms with van der Waals surface area (Å²) in [6.07, 6.45) is 0.912. The zero-order valence-electron chi connectivity index (χ0n) is 11.1. The SMILES string of the molecule is Cc1c(N(C)C2CCOC2)cc(N)cc1S(N)(=O)=O. The molecule has 2 rings (SSSR count). The largest absolute Gasteiger partial charge is 0.399 e. The number of nitrogens with two attached hydrogens (primary N) is 2. The van der Waals surface area contributed by atoms with Crippen LogP contribution in [-0.4, -0.2) is 34.7 Å². The Hall–Kier alpha value is -1.31. The third-order valence-electron chi connectivity index (χ3n) is 3.49. The Morgan fingerprint density at radius 3 is 2.63 bits per heavy atom. The summed E-state index contributed by atoms with van der Waals surface area (Å²) in [4.78, 5) is 2.08. The van der Waals surface area contributed by atoms with Crippen molar-refractivity contribution in [2.75, 3.05) is 30.9 Å². The molecule has 4 N–H and O–H groups in total. The highest BCUT2D eigenvalue weighted by atomic mass is 32.2. The Morgan fingerprint density at radius 2 is 2.11 bits per heavy atom. The Morgan fingerprint density at radius 1 is 1.42 bits per heavy atom. The second kappa shape index (κ2) is 4.99. The molecule has 1 saturated heterocycles. The van der Waals surface area contributed by atoms with Crippen molar-refractivity contribution >= 4 is 21.4 Å². The highest BCUT2D eigenvalue weighted by molar-refractivity contribution is 7.89. The fourth-order valence-electron chi connectivity index (χ4n) is 2.38. The summed E-state index contributed by atoms with van der Waals surface area (Å²) < 4.78 is 28.5. The molecule has 0 saturated carbocycles. The van der Waals surface area contributed by atoms with Crippen molar-refractivity contribution in [3.05, 3.63) is 17.7 Å².